The molecule has 0 bridgehead atoms. The summed E-state index contributed by atoms with van der Waals surface area (Å²) in [5.74, 6) is -2.09. The van der Waals surface area contributed by atoms with E-state index in [0.717, 1.165) is 5.56 Å². The number of carbonyl (C=O) groups is 3. The van der Waals surface area contributed by atoms with Crippen molar-refractivity contribution >= 4 is 24.0 Å². The van der Waals surface area contributed by atoms with Crippen molar-refractivity contribution in [2.75, 3.05) is 0 Å². The standard InChI is InChI=1S/C20H21N3O5/c1-13(2)22-18(24)19(25)23-21-11-16-5-3-4-6-17(16)28-12-14-7-9-15(10-8-14)20(26)27/h3-11,13H,12H2,1-2H3,(H,22,24)(H,23,25)(H,26,27)/b21-11-. The highest BCUT2D eigenvalue weighted by molar-refractivity contribution is 6.35. The molecule has 0 aliphatic carbocycles. The number of para-hydroxylation sites is 1. The van der Waals surface area contributed by atoms with Crippen LogP contribution in [0.2, 0.25) is 0 Å². The fraction of sp³-hybridized carbons (Fsp3) is 0.200. The van der Waals surface area contributed by atoms with Crippen LogP contribution in [-0.4, -0.2) is 35.1 Å². The van der Waals surface area contributed by atoms with Crippen molar-refractivity contribution in [3.8, 4) is 5.75 Å². The zero-order valence-electron chi connectivity index (χ0n) is 15.5. The van der Waals surface area contributed by atoms with Crippen molar-refractivity contribution in [1.82, 2.24) is 10.7 Å². The third-order valence-electron chi connectivity index (χ3n) is 3.51. The summed E-state index contributed by atoms with van der Waals surface area (Å²) < 4.78 is 5.75. The number of carboxylic acid groups (broad SMARTS) is 1. The van der Waals surface area contributed by atoms with Crippen molar-refractivity contribution < 1.29 is 24.2 Å². The van der Waals surface area contributed by atoms with Crippen LogP contribution < -0.4 is 15.5 Å². The monoisotopic (exact) mass is 383 g/mol. The Hall–Kier alpha value is -3.68. The van der Waals surface area contributed by atoms with Gasteiger partial charge in [-0.1, -0.05) is 24.3 Å². The quantitative estimate of drug-likeness (QED) is 0.384. The molecule has 0 atom stereocenters. The molecule has 0 heterocycles. The Morgan fingerprint density at radius 2 is 1.75 bits per heavy atom. The van der Waals surface area contributed by atoms with E-state index in [2.05, 4.69) is 15.8 Å². The second-order valence-electron chi connectivity index (χ2n) is 6.16. The van der Waals surface area contributed by atoms with Crippen LogP contribution in [0.4, 0.5) is 0 Å². The summed E-state index contributed by atoms with van der Waals surface area (Å²) in [5.41, 5.74) is 3.77. The van der Waals surface area contributed by atoms with Gasteiger partial charge in [-0.05, 0) is 43.7 Å². The Morgan fingerprint density at radius 3 is 2.39 bits per heavy atom. The summed E-state index contributed by atoms with van der Waals surface area (Å²) in [5, 5.41) is 15.2. The molecule has 8 heteroatoms. The molecule has 0 aliphatic heterocycles. The van der Waals surface area contributed by atoms with Crippen LogP contribution in [0.25, 0.3) is 0 Å². The lowest BCUT2D eigenvalue weighted by atomic mass is 10.1. The van der Waals surface area contributed by atoms with Crippen molar-refractivity contribution in [3.63, 3.8) is 0 Å². The number of hydrogen-bond donors (Lipinski definition) is 3. The third-order valence-corrected chi connectivity index (χ3v) is 3.51. The molecule has 0 unspecified atom stereocenters. The second kappa shape index (κ2) is 9.86. The predicted octanol–water partition coefficient (Wildman–Crippen LogP) is 1.94. The molecule has 0 spiro atoms. The van der Waals surface area contributed by atoms with E-state index in [1.165, 1.54) is 18.3 Å². The number of aromatic carboxylic acids is 1. The van der Waals surface area contributed by atoms with E-state index < -0.39 is 17.8 Å². The summed E-state index contributed by atoms with van der Waals surface area (Å²) >= 11 is 0. The van der Waals surface area contributed by atoms with Gasteiger partial charge >= 0.3 is 17.8 Å². The number of benzene rings is 2. The summed E-state index contributed by atoms with van der Waals surface area (Å²) in [7, 11) is 0. The van der Waals surface area contributed by atoms with E-state index in [9.17, 15) is 14.4 Å². The highest BCUT2D eigenvalue weighted by atomic mass is 16.5. The number of nitrogens with one attached hydrogen (secondary N) is 2. The lowest BCUT2D eigenvalue weighted by Crippen LogP contribution is -2.41. The second-order valence-corrected chi connectivity index (χ2v) is 6.16. The third kappa shape index (κ3) is 6.24. The van der Waals surface area contributed by atoms with Crippen LogP contribution in [0.15, 0.2) is 53.6 Å². The maximum atomic E-state index is 11.6. The zero-order chi connectivity index (χ0) is 20.5. The summed E-state index contributed by atoms with van der Waals surface area (Å²) in [6.07, 6.45) is 1.38. The van der Waals surface area contributed by atoms with Crippen LogP contribution in [0.1, 0.15) is 35.3 Å². The molecule has 0 saturated heterocycles. The topological polar surface area (TPSA) is 117 Å². The first-order chi connectivity index (χ1) is 13.4. The lowest BCUT2D eigenvalue weighted by Gasteiger charge is -2.09. The molecule has 0 saturated carbocycles. The fourth-order valence-corrected chi connectivity index (χ4v) is 2.16. The van der Waals surface area contributed by atoms with Gasteiger partial charge in [0.2, 0.25) is 0 Å². The Morgan fingerprint density at radius 1 is 1.07 bits per heavy atom. The van der Waals surface area contributed by atoms with Gasteiger partial charge in [0.25, 0.3) is 0 Å². The molecule has 8 nitrogen and oxygen atoms in total. The number of rotatable bonds is 7. The van der Waals surface area contributed by atoms with E-state index in [4.69, 9.17) is 9.84 Å². The highest BCUT2D eigenvalue weighted by Crippen LogP contribution is 2.18. The van der Waals surface area contributed by atoms with Crippen molar-refractivity contribution in [1.29, 1.82) is 0 Å². The number of ether oxygens (including phenoxy) is 1. The number of hydrogen-bond acceptors (Lipinski definition) is 5. The van der Waals surface area contributed by atoms with Crippen LogP contribution in [0, 0.1) is 0 Å². The minimum absolute atomic E-state index is 0.152. The highest BCUT2D eigenvalue weighted by Gasteiger charge is 2.13. The van der Waals surface area contributed by atoms with Crippen LogP contribution in [-0.2, 0) is 16.2 Å². The molecule has 0 aromatic heterocycles. The molecular weight excluding hydrogens is 362 g/mol. The van der Waals surface area contributed by atoms with Crippen LogP contribution >= 0.6 is 0 Å². The van der Waals surface area contributed by atoms with Gasteiger partial charge in [0.15, 0.2) is 0 Å². The maximum absolute atomic E-state index is 11.6. The molecular formula is C20H21N3O5. The first-order valence-electron chi connectivity index (χ1n) is 8.54. The summed E-state index contributed by atoms with van der Waals surface area (Å²) in [6.45, 7) is 3.72. The number of carboxylic acids is 1. The van der Waals surface area contributed by atoms with Crippen LogP contribution in [0.3, 0.4) is 0 Å². The van der Waals surface area contributed by atoms with Gasteiger partial charge in [-0.2, -0.15) is 5.10 Å². The van der Waals surface area contributed by atoms with Crippen LogP contribution in [0.5, 0.6) is 5.75 Å². The van der Waals surface area contributed by atoms with Gasteiger partial charge in [-0.25, -0.2) is 10.2 Å². The minimum atomic E-state index is -0.988. The predicted molar refractivity (Wildman–Crippen MR) is 103 cm³/mol. The number of nitrogens with zero attached hydrogens (tertiary/aromatic N) is 1. The van der Waals surface area contributed by atoms with E-state index in [1.54, 1.807) is 50.2 Å². The van der Waals surface area contributed by atoms with E-state index in [0.29, 0.717) is 11.3 Å². The van der Waals surface area contributed by atoms with Gasteiger partial charge in [0, 0.05) is 11.6 Å². The molecule has 3 N–H and O–H groups in total. The maximum Gasteiger partial charge on any atom is 0.335 e. The van der Waals surface area contributed by atoms with E-state index >= 15 is 0 Å². The summed E-state index contributed by atoms with van der Waals surface area (Å²) in [6, 6.07) is 13.3. The number of carbonyl (C=O) groups excluding carboxylic acids is 2. The van der Waals surface area contributed by atoms with Gasteiger partial charge in [-0.15, -0.1) is 0 Å². The Balaban J connectivity index is 1.97. The first-order valence-corrected chi connectivity index (χ1v) is 8.54. The van der Waals surface area contributed by atoms with Crippen molar-refractivity contribution in [2.45, 2.75) is 26.5 Å². The fourth-order valence-electron chi connectivity index (χ4n) is 2.16. The molecule has 28 heavy (non-hydrogen) atoms. The SMILES string of the molecule is CC(C)NC(=O)C(=O)N/N=C\c1ccccc1OCc1ccc(C(=O)O)cc1. The summed E-state index contributed by atoms with van der Waals surface area (Å²) in [4.78, 5) is 34.0. The van der Waals surface area contributed by atoms with Gasteiger partial charge in [0.1, 0.15) is 12.4 Å². The van der Waals surface area contributed by atoms with Crippen molar-refractivity contribution in [3.05, 3.63) is 65.2 Å². The van der Waals surface area contributed by atoms with E-state index in [-0.39, 0.29) is 18.2 Å². The van der Waals surface area contributed by atoms with Gasteiger partial charge < -0.3 is 15.2 Å². The zero-order valence-corrected chi connectivity index (χ0v) is 15.5. The van der Waals surface area contributed by atoms with E-state index in [1.807, 2.05) is 0 Å². The van der Waals surface area contributed by atoms with Crippen molar-refractivity contribution in [2.24, 2.45) is 5.10 Å². The largest absolute Gasteiger partial charge is 0.488 e. The molecule has 2 aromatic rings. The van der Waals surface area contributed by atoms with Gasteiger partial charge in [0.05, 0.1) is 11.8 Å². The average Bonchev–Trinajstić information content (AvgIpc) is 2.66. The molecule has 0 fully saturated rings. The smallest absolute Gasteiger partial charge is 0.335 e. The molecule has 2 rings (SSSR count). The van der Waals surface area contributed by atoms with Gasteiger partial charge in [-0.3, -0.25) is 9.59 Å². The number of amides is 2. The Bertz CT molecular complexity index is 876. The minimum Gasteiger partial charge on any atom is -0.488 e. The molecule has 2 aromatic carbocycles. The molecule has 0 radical (unpaired) electrons. The average molecular weight is 383 g/mol. The molecule has 2 amide bonds. The Labute approximate surface area is 162 Å². The first kappa shape index (κ1) is 20.6. The lowest BCUT2D eigenvalue weighted by molar-refractivity contribution is -0.139. The number of hydrazone groups is 1. The normalized spacial score (nSPS) is 10.7. The molecule has 0 aliphatic rings. The Kier molecular flexibility index (Phi) is 7.27. The molecule has 146 valence electrons.